The maximum absolute atomic E-state index is 6.90. The molecule has 1 saturated carbocycles. The Hall–Kier alpha value is -3.09. The fourth-order valence-electron chi connectivity index (χ4n) is 3.76. The summed E-state index contributed by atoms with van der Waals surface area (Å²) in [5, 5.41) is 1.01. The van der Waals surface area contributed by atoms with Crippen molar-refractivity contribution in [3.8, 4) is 34.1 Å². The third-order valence-corrected chi connectivity index (χ3v) is 6.42. The molecule has 0 saturated heterocycles. The number of rotatable bonds is 8. The highest BCUT2D eigenvalue weighted by Gasteiger charge is 2.27. The van der Waals surface area contributed by atoms with Crippen molar-refractivity contribution in [2.24, 2.45) is 5.92 Å². The van der Waals surface area contributed by atoms with Crippen LogP contribution < -0.4 is 9.47 Å². The van der Waals surface area contributed by atoms with Crippen LogP contribution in [0.3, 0.4) is 0 Å². The number of ether oxygens (including phenoxy) is 2. The van der Waals surface area contributed by atoms with Gasteiger partial charge in [0.2, 0.25) is 0 Å². The summed E-state index contributed by atoms with van der Waals surface area (Å²) >= 11 is 12.9. The molecular weight excluding hydrogens is 471 g/mol. The largest absolute Gasteiger partial charge is 0.496 e. The van der Waals surface area contributed by atoms with Crippen molar-refractivity contribution in [3.63, 3.8) is 0 Å². The van der Waals surface area contributed by atoms with Crippen LogP contribution in [0.2, 0.25) is 10.3 Å². The first-order valence-corrected chi connectivity index (χ1v) is 11.9. The van der Waals surface area contributed by atoms with Crippen LogP contribution in [-0.2, 0) is 13.2 Å². The molecular formula is C26H24Cl2N4O2. The molecule has 0 unspecified atom stereocenters. The number of aryl methyl sites for hydroxylation is 1. The summed E-state index contributed by atoms with van der Waals surface area (Å²) in [7, 11) is 1.63. The zero-order chi connectivity index (χ0) is 23.7. The highest BCUT2D eigenvalue weighted by Crippen LogP contribution is 2.41. The van der Waals surface area contributed by atoms with Gasteiger partial charge in [-0.05, 0) is 61.6 Å². The summed E-state index contributed by atoms with van der Waals surface area (Å²) in [6.07, 6.45) is 5.96. The average Bonchev–Trinajstić information content (AvgIpc) is 3.62. The second-order valence-electron chi connectivity index (χ2n) is 8.48. The van der Waals surface area contributed by atoms with Gasteiger partial charge in [-0.1, -0.05) is 29.3 Å². The minimum atomic E-state index is 0.368. The quantitative estimate of drug-likeness (QED) is 0.257. The van der Waals surface area contributed by atoms with Gasteiger partial charge in [0, 0.05) is 36.1 Å². The number of hydrogen-bond acceptors (Lipinski definition) is 5. The second kappa shape index (κ2) is 9.65. The molecule has 8 heteroatoms. The number of pyridine rings is 2. The van der Waals surface area contributed by atoms with Gasteiger partial charge < -0.3 is 14.0 Å². The van der Waals surface area contributed by atoms with Crippen molar-refractivity contribution in [1.29, 1.82) is 0 Å². The van der Waals surface area contributed by atoms with E-state index in [1.807, 2.05) is 49.5 Å². The molecule has 0 N–H and O–H groups in total. The van der Waals surface area contributed by atoms with Crippen LogP contribution in [0.15, 0.2) is 54.9 Å². The van der Waals surface area contributed by atoms with E-state index in [1.54, 1.807) is 19.4 Å². The fraction of sp³-hybridized carbons (Fsp3) is 0.269. The Morgan fingerprint density at radius 2 is 1.88 bits per heavy atom. The Balaban J connectivity index is 1.47. The van der Waals surface area contributed by atoms with Crippen molar-refractivity contribution < 1.29 is 9.47 Å². The molecule has 3 heterocycles. The lowest BCUT2D eigenvalue weighted by molar-refractivity contribution is 0.299. The van der Waals surface area contributed by atoms with Crippen LogP contribution in [0.25, 0.3) is 22.6 Å². The van der Waals surface area contributed by atoms with E-state index in [2.05, 4.69) is 14.5 Å². The molecule has 1 aliphatic rings. The van der Waals surface area contributed by atoms with Gasteiger partial charge in [-0.25, -0.2) is 9.97 Å². The first-order chi connectivity index (χ1) is 16.5. The van der Waals surface area contributed by atoms with Gasteiger partial charge in [0.05, 0.1) is 12.8 Å². The van der Waals surface area contributed by atoms with Crippen LogP contribution in [0.1, 0.15) is 24.1 Å². The molecule has 34 heavy (non-hydrogen) atoms. The number of methoxy groups -OCH3 is 1. The van der Waals surface area contributed by atoms with E-state index in [4.69, 9.17) is 37.7 Å². The van der Waals surface area contributed by atoms with Crippen LogP contribution in [0.4, 0.5) is 0 Å². The van der Waals surface area contributed by atoms with Crippen molar-refractivity contribution in [2.45, 2.75) is 32.9 Å². The summed E-state index contributed by atoms with van der Waals surface area (Å²) in [6.45, 7) is 3.19. The number of hydrogen-bond donors (Lipinski definition) is 0. The molecule has 0 atom stereocenters. The number of aromatic nitrogens is 4. The van der Waals surface area contributed by atoms with Gasteiger partial charge >= 0.3 is 0 Å². The Morgan fingerprint density at radius 3 is 2.56 bits per heavy atom. The molecule has 1 fully saturated rings. The van der Waals surface area contributed by atoms with Gasteiger partial charge in [-0.15, -0.1) is 0 Å². The van der Waals surface area contributed by atoms with Gasteiger partial charge in [0.25, 0.3) is 0 Å². The first kappa shape index (κ1) is 22.7. The Kier molecular flexibility index (Phi) is 6.44. The van der Waals surface area contributed by atoms with Crippen molar-refractivity contribution in [1.82, 2.24) is 19.5 Å². The first-order valence-electron chi connectivity index (χ1n) is 11.1. The molecule has 3 aromatic heterocycles. The monoisotopic (exact) mass is 494 g/mol. The van der Waals surface area contributed by atoms with Gasteiger partial charge in [-0.3, -0.25) is 4.98 Å². The fourth-order valence-corrected chi connectivity index (χ4v) is 4.16. The summed E-state index contributed by atoms with van der Waals surface area (Å²) in [4.78, 5) is 13.5. The topological polar surface area (TPSA) is 62.1 Å². The molecule has 0 amide bonds. The lowest BCUT2D eigenvalue weighted by atomic mass is 10.1. The zero-order valence-corrected chi connectivity index (χ0v) is 20.5. The second-order valence-corrected chi connectivity index (χ2v) is 9.22. The maximum Gasteiger partial charge on any atom is 0.143 e. The number of imidazole rings is 1. The van der Waals surface area contributed by atoms with Gasteiger partial charge in [0.1, 0.15) is 39.9 Å². The SMILES string of the molecule is COc1cc(OCc2ccc(C)cn2)ccc1-c1nc(-c2ccc(Cl)nc2)n(CC2CC2)c1Cl. The minimum absolute atomic E-state index is 0.368. The van der Waals surface area contributed by atoms with E-state index in [9.17, 15) is 0 Å². The molecule has 4 aromatic rings. The summed E-state index contributed by atoms with van der Waals surface area (Å²) in [5.41, 5.74) is 4.29. The molecule has 0 radical (unpaired) electrons. The number of benzene rings is 1. The highest BCUT2D eigenvalue weighted by molar-refractivity contribution is 6.32. The smallest absolute Gasteiger partial charge is 0.143 e. The van der Waals surface area contributed by atoms with E-state index in [1.165, 1.54) is 12.8 Å². The molecule has 1 aliphatic carbocycles. The lowest BCUT2D eigenvalue weighted by Gasteiger charge is -2.11. The van der Waals surface area contributed by atoms with Crippen molar-refractivity contribution in [2.75, 3.05) is 7.11 Å². The van der Waals surface area contributed by atoms with Crippen molar-refractivity contribution >= 4 is 23.2 Å². The predicted molar refractivity (Wildman–Crippen MR) is 133 cm³/mol. The normalized spacial score (nSPS) is 13.2. The van der Waals surface area contributed by atoms with Crippen LogP contribution in [0, 0.1) is 12.8 Å². The highest BCUT2D eigenvalue weighted by atomic mass is 35.5. The van der Waals surface area contributed by atoms with Gasteiger partial charge in [0.15, 0.2) is 0 Å². The standard InChI is InChI=1S/C26H24Cl2N4O2/c1-16-3-7-19(29-12-16)15-34-20-8-9-21(22(11-20)33-2)24-25(28)32(14-17-4-5-17)26(31-24)18-6-10-23(27)30-13-18/h3,6-13,17H,4-5,14-15H2,1-2H3. The third kappa shape index (κ3) is 4.88. The van der Waals surface area contributed by atoms with Gasteiger partial charge in [-0.2, -0.15) is 0 Å². The third-order valence-electron chi connectivity index (χ3n) is 5.82. The molecule has 0 spiro atoms. The molecule has 0 aliphatic heterocycles. The number of halogens is 2. The van der Waals surface area contributed by atoms with E-state index >= 15 is 0 Å². The Bertz CT molecular complexity index is 1300. The zero-order valence-electron chi connectivity index (χ0n) is 19.0. The van der Waals surface area contributed by atoms with Crippen LogP contribution >= 0.6 is 23.2 Å². The van der Waals surface area contributed by atoms with E-state index < -0.39 is 0 Å². The number of nitrogens with zero attached hydrogens (tertiary/aromatic N) is 4. The van der Waals surface area contributed by atoms with Crippen LogP contribution in [-0.4, -0.2) is 26.6 Å². The summed E-state index contributed by atoms with van der Waals surface area (Å²) in [5.74, 6) is 2.70. The summed E-state index contributed by atoms with van der Waals surface area (Å²) in [6, 6.07) is 13.3. The molecule has 0 bridgehead atoms. The van der Waals surface area contributed by atoms with E-state index in [0.717, 1.165) is 34.8 Å². The van der Waals surface area contributed by atoms with E-state index in [0.29, 0.717) is 40.0 Å². The molecule has 1 aromatic carbocycles. The van der Waals surface area contributed by atoms with Crippen LogP contribution in [0.5, 0.6) is 11.5 Å². The molecule has 174 valence electrons. The Morgan fingerprint density at radius 1 is 1.03 bits per heavy atom. The molecule has 5 rings (SSSR count). The average molecular weight is 495 g/mol. The van der Waals surface area contributed by atoms with E-state index in [-0.39, 0.29) is 0 Å². The minimum Gasteiger partial charge on any atom is -0.496 e. The Labute approximate surface area is 208 Å². The predicted octanol–water partition coefficient (Wildman–Crippen LogP) is 6.62. The van der Waals surface area contributed by atoms with Crippen molar-refractivity contribution in [3.05, 3.63) is 76.4 Å². The molecule has 6 nitrogen and oxygen atoms in total. The summed E-state index contributed by atoms with van der Waals surface area (Å²) < 4.78 is 13.7. The lowest BCUT2D eigenvalue weighted by Crippen LogP contribution is -2.02. The maximum atomic E-state index is 6.90.